The molecule has 1 aromatic carbocycles. The first-order chi connectivity index (χ1) is 15.1. The number of carbonyl (C=O) groups excluding carboxylic acids is 4. The maximum Gasteiger partial charge on any atom is 0.407 e. The minimum atomic E-state index is -3.20. The fraction of sp³-hybridized carbons (Fsp3) is 0.500. The van der Waals surface area contributed by atoms with Crippen molar-refractivity contribution in [3.63, 3.8) is 0 Å². The Balaban J connectivity index is 1.27. The maximum absolute atomic E-state index is 12.8. The van der Waals surface area contributed by atoms with E-state index < -0.39 is 28.1 Å². The number of hydrogen-bond donors (Lipinski definition) is 2. The van der Waals surface area contributed by atoms with Crippen LogP contribution in [0.1, 0.15) is 34.3 Å². The van der Waals surface area contributed by atoms with Crippen LogP contribution in [0.15, 0.2) is 18.2 Å². The largest absolute Gasteiger partial charge is 0.449 e. The van der Waals surface area contributed by atoms with Gasteiger partial charge in [-0.25, -0.2) is 17.5 Å². The number of piperidine rings is 1. The van der Waals surface area contributed by atoms with E-state index >= 15 is 0 Å². The van der Waals surface area contributed by atoms with Gasteiger partial charge in [0, 0.05) is 44.1 Å². The third-order valence-electron chi connectivity index (χ3n) is 5.87. The van der Waals surface area contributed by atoms with Crippen LogP contribution in [0.5, 0.6) is 0 Å². The number of amides is 4. The zero-order chi connectivity index (χ0) is 23.0. The zero-order valence-electron chi connectivity index (χ0n) is 17.5. The number of imide groups is 1. The van der Waals surface area contributed by atoms with Crippen molar-refractivity contribution in [3.05, 3.63) is 34.9 Å². The molecule has 4 rings (SSSR count). The van der Waals surface area contributed by atoms with Crippen molar-refractivity contribution in [2.75, 3.05) is 26.0 Å². The third-order valence-corrected chi connectivity index (χ3v) is 7.11. The molecule has 0 aromatic heterocycles. The van der Waals surface area contributed by atoms with Crippen molar-refractivity contribution in [1.82, 2.24) is 19.8 Å². The van der Waals surface area contributed by atoms with E-state index in [1.807, 2.05) is 0 Å². The van der Waals surface area contributed by atoms with E-state index in [1.54, 1.807) is 18.2 Å². The summed E-state index contributed by atoms with van der Waals surface area (Å²) >= 11 is 0. The second-order valence-electron chi connectivity index (χ2n) is 8.29. The van der Waals surface area contributed by atoms with E-state index in [2.05, 4.69) is 10.6 Å². The normalized spacial score (nSPS) is 21.7. The van der Waals surface area contributed by atoms with Crippen LogP contribution in [0.25, 0.3) is 0 Å². The van der Waals surface area contributed by atoms with Gasteiger partial charge in [0.2, 0.25) is 21.8 Å². The van der Waals surface area contributed by atoms with Gasteiger partial charge in [0.05, 0.1) is 12.9 Å². The van der Waals surface area contributed by atoms with Gasteiger partial charge in [0.15, 0.2) is 0 Å². The fourth-order valence-corrected chi connectivity index (χ4v) is 4.99. The maximum atomic E-state index is 12.8. The Hall–Kier alpha value is -2.99. The highest BCUT2D eigenvalue weighted by atomic mass is 32.2. The number of hydrogen-bond acceptors (Lipinski definition) is 7. The lowest BCUT2D eigenvalue weighted by atomic mass is 10.0. The number of benzene rings is 1. The summed E-state index contributed by atoms with van der Waals surface area (Å²) in [5.41, 5.74) is 1.95. The molecule has 2 N–H and O–H groups in total. The summed E-state index contributed by atoms with van der Waals surface area (Å²) in [6, 6.07) is 4.58. The van der Waals surface area contributed by atoms with Crippen LogP contribution in [0.2, 0.25) is 0 Å². The summed E-state index contributed by atoms with van der Waals surface area (Å²) in [4.78, 5) is 49.7. The molecule has 2 fully saturated rings. The first kappa shape index (κ1) is 22.2. The van der Waals surface area contributed by atoms with Crippen LogP contribution in [-0.2, 0) is 37.4 Å². The summed E-state index contributed by atoms with van der Waals surface area (Å²) < 4.78 is 29.1. The van der Waals surface area contributed by atoms with E-state index in [-0.39, 0.29) is 37.3 Å². The average Bonchev–Trinajstić information content (AvgIpc) is 3.00. The van der Waals surface area contributed by atoms with Crippen molar-refractivity contribution < 1.29 is 32.3 Å². The Bertz CT molecular complexity index is 1080. The number of carbonyl (C=O) groups is 4. The van der Waals surface area contributed by atoms with Gasteiger partial charge >= 0.3 is 6.09 Å². The highest BCUT2D eigenvalue weighted by Crippen LogP contribution is 2.28. The number of alkyl carbamates (subject to hydrolysis) is 1. The van der Waals surface area contributed by atoms with Gasteiger partial charge < -0.3 is 15.0 Å². The summed E-state index contributed by atoms with van der Waals surface area (Å²) in [6.07, 6.45) is 1.01. The molecule has 0 saturated carbocycles. The smallest absolute Gasteiger partial charge is 0.407 e. The minimum Gasteiger partial charge on any atom is -0.449 e. The van der Waals surface area contributed by atoms with E-state index in [1.165, 1.54) is 9.21 Å². The SMILES string of the molecule is CS(=O)(=O)N1CC(COC(=O)NCc2ccc3c(c2)C(=O)N(C2CCC(=O)NC2=O)C3)C1. The lowest BCUT2D eigenvalue weighted by molar-refractivity contribution is -0.136. The number of sulfonamides is 1. The highest BCUT2D eigenvalue weighted by molar-refractivity contribution is 7.88. The highest BCUT2D eigenvalue weighted by Gasteiger charge is 2.39. The Morgan fingerprint density at radius 3 is 2.69 bits per heavy atom. The van der Waals surface area contributed by atoms with Crippen LogP contribution in [0.4, 0.5) is 4.79 Å². The molecule has 1 atom stereocenters. The number of rotatable bonds is 6. The molecule has 0 radical (unpaired) electrons. The van der Waals surface area contributed by atoms with Crippen LogP contribution in [-0.4, -0.2) is 73.4 Å². The predicted molar refractivity (Wildman–Crippen MR) is 111 cm³/mol. The third kappa shape index (κ3) is 4.60. The van der Waals surface area contributed by atoms with E-state index in [4.69, 9.17) is 4.74 Å². The fourth-order valence-electron chi connectivity index (χ4n) is 4.03. The average molecular weight is 465 g/mol. The van der Waals surface area contributed by atoms with Crippen molar-refractivity contribution in [2.45, 2.75) is 32.0 Å². The molecule has 0 bridgehead atoms. The molecule has 0 spiro atoms. The summed E-state index contributed by atoms with van der Waals surface area (Å²) in [5.74, 6) is -1.09. The van der Waals surface area contributed by atoms with Crippen molar-refractivity contribution in [3.8, 4) is 0 Å². The Morgan fingerprint density at radius 2 is 2.00 bits per heavy atom. The van der Waals surface area contributed by atoms with Crippen LogP contribution in [0, 0.1) is 5.92 Å². The number of ether oxygens (including phenoxy) is 1. The van der Waals surface area contributed by atoms with Gasteiger partial charge in [-0.15, -0.1) is 0 Å². The van der Waals surface area contributed by atoms with Gasteiger partial charge in [-0.3, -0.25) is 19.7 Å². The van der Waals surface area contributed by atoms with Crippen LogP contribution >= 0.6 is 0 Å². The zero-order valence-corrected chi connectivity index (χ0v) is 18.3. The molecular weight excluding hydrogens is 440 g/mol. The van der Waals surface area contributed by atoms with Crippen molar-refractivity contribution in [1.29, 1.82) is 0 Å². The van der Waals surface area contributed by atoms with E-state index in [9.17, 15) is 27.6 Å². The number of nitrogens with zero attached hydrogens (tertiary/aromatic N) is 2. The lowest BCUT2D eigenvalue weighted by Gasteiger charge is -2.36. The molecule has 1 aromatic rings. The molecule has 3 heterocycles. The minimum absolute atomic E-state index is 0.0219. The van der Waals surface area contributed by atoms with Crippen LogP contribution < -0.4 is 10.6 Å². The van der Waals surface area contributed by atoms with Crippen molar-refractivity contribution in [2.24, 2.45) is 5.92 Å². The molecule has 1 unspecified atom stereocenters. The summed E-state index contributed by atoms with van der Waals surface area (Å²) in [5, 5.41) is 4.89. The Labute approximate surface area is 185 Å². The van der Waals surface area contributed by atoms with Gasteiger partial charge in [0.1, 0.15) is 6.04 Å². The van der Waals surface area contributed by atoms with Gasteiger partial charge in [-0.1, -0.05) is 12.1 Å². The van der Waals surface area contributed by atoms with Gasteiger partial charge in [-0.05, 0) is 23.6 Å². The van der Waals surface area contributed by atoms with Gasteiger partial charge in [-0.2, -0.15) is 0 Å². The molecule has 172 valence electrons. The predicted octanol–water partition coefficient (Wildman–Crippen LogP) is -0.435. The second-order valence-corrected chi connectivity index (χ2v) is 10.3. The summed E-state index contributed by atoms with van der Waals surface area (Å²) in [7, 11) is -3.20. The molecule has 0 aliphatic carbocycles. The molecule has 32 heavy (non-hydrogen) atoms. The molecule has 4 amide bonds. The van der Waals surface area contributed by atoms with E-state index in [0.29, 0.717) is 37.2 Å². The summed E-state index contributed by atoms with van der Waals surface area (Å²) in [6.45, 7) is 1.24. The molecular formula is C20H24N4O7S. The monoisotopic (exact) mass is 464 g/mol. The number of nitrogens with one attached hydrogen (secondary N) is 2. The molecule has 12 heteroatoms. The molecule has 2 saturated heterocycles. The molecule has 3 aliphatic rings. The van der Waals surface area contributed by atoms with Crippen molar-refractivity contribution >= 4 is 33.8 Å². The lowest BCUT2D eigenvalue weighted by Crippen LogP contribution is -2.52. The standard InChI is InChI=1S/C20H24N4O7S/c1-32(29,30)23-8-13(9-23)11-31-20(28)21-7-12-2-3-14-10-24(19(27)15(14)6-12)16-4-5-17(25)22-18(16)26/h2-3,6,13,16H,4-5,7-11H2,1H3,(H,21,28)(H,22,25,26). The van der Waals surface area contributed by atoms with Gasteiger partial charge in [0.25, 0.3) is 5.91 Å². The first-order valence-corrected chi connectivity index (χ1v) is 12.1. The van der Waals surface area contributed by atoms with E-state index in [0.717, 1.165) is 11.8 Å². The Kier molecular flexibility index (Phi) is 5.91. The second kappa shape index (κ2) is 8.51. The molecule has 11 nitrogen and oxygen atoms in total. The quantitative estimate of drug-likeness (QED) is 0.544. The topological polar surface area (TPSA) is 142 Å². The van der Waals surface area contributed by atoms with Crippen LogP contribution in [0.3, 0.4) is 0 Å². The first-order valence-electron chi connectivity index (χ1n) is 10.2. The number of fused-ring (bicyclic) bond motifs is 1. The Morgan fingerprint density at radius 1 is 1.25 bits per heavy atom. The molecule has 3 aliphatic heterocycles.